The predicted molar refractivity (Wildman–Crippen MR) is 108 cm³/mol. The van der Waals surface area contributed by atoms with Crippen molar-refractivity contribution in [1.29, 1.82) is 0 Å². The molecule has 146 valence electrons. The molecule has 0 bridgehead atoms. The van der Waals surface area contributed by atoms with Gasteiger partial charge in [0.05, 0.1) is 0 Å². The minimum atomic E-state index is -0.397. The smallest absolute Gasteiger partial charge is 0.243 e. The number of allylic oxidation sites excluding steroid dienone is 1. The zero-order valence-corrected chi connectivity index (χ0v) is 16.7. The first kappa shape index (κ1) is 19.7. The van der Waals surface area contributed by atoms with Crippen molar-refractivity contribution in [2.24, 2.45) is 5.92 Å². The Bertz CT molecular complexity index is 708. The van der Waals surface area contributed by atoms with E-state index in [4.69, 9.17) is 0 Å². The molecule has 0 saturated heterocycles. The van der Waals surface area contributed by atoms with Crippen LogP contribution in [0.3, 0.4) is 0 Å². The number of fused-ring (bicyclic) bond motifs is 1. The lowest BCUT2D eigenvalue weighted by molar-refractivity contribution is -0.142. The molecule has 0 spiro atoms. The average Bonchev–Trinajstić information content (AvgIpc) is 2.67. The van der Waals surface area contributed by atoms with E-state index in [1.165, 1.54) is 30.4 Å². The monoisotopic (exact) mass is 368 g/mol. The van der Waals surface area contributed by atoms with E-state index in [-0.39, 0.29) is 17.7 Å². The number of carbonyl (C=O) groups excluding carboxylic acids is 2. The summed E-state index contributed by atoms with van der Waals surface area (Å²) in [5.41, 5.74) is 3.80. The van der Waals surface area contributed by atoms with Gasteiger partial charge in [-0.3, -0.25) is 9.59 Å². The molecule has 2 aliphatic rings. The van der Waals surface area contributed by atoms with Crippen molar-refractivity contribution in [2.75, 3.05) is 6.54 Å². The van der Waals surface area contributed by atoms with Crippen LogP contribution in [0.15, 0.2) is 35.9 Å². The second-order valence-electron chi connectivity index (χ2n) is 8.26. The summed E-state index contributed by atoms with van der Waals surface area (Å²) in [6.07, 6.45) is 9.21. The third kappa shape index (κ3) is 5.21. The molecule has 3 rings (SSSR count). The van der Waals surface area contributed by atoms with Crippen LogP contribution >= 0.6 is 0 Å². The van der Waals surface area contributed by atoms with Crippen LogP contribution < -0.4 is 5.32 Å². The predicted octanol–water partition coefficient (Wildman–Crippen LogP) is 3.99. The van der Waals surface area contributed by atoms with Gasteiger partial charge in [-0.15, -0.1) is 0 Å². The molecular formula is C23H32N2O2. The van der Waals surface area contributed by atoms with Gasteiger partial charge in [-0.1, -0.05) is 49.8 Å². The van der Waals surface area contributed by atoms with Crippen LogP contribution in [0, 0.1) is 5.92 Å². The Morgan fingerprint density at radius 2 is 1.96 bits per heavy atom. The second-order valence-corrected chi connectivity index (χ2v) is 8.26. The van der Waals surface area contributed by atoms with Gasteiger partial charge in [-0.05, 0) is 49.1 Å². The molecule has 1 N–H and O–H groups in total. The van der Waals surface area contributed by atoms with Crippen LogP contribution in [0.1, 0.15) is 63.5 Å². The largest absolute Gasteiger partial charge is 0.354 e. The van der Waals surface area contributed by atoms with Gasteiger partial charge in [0, 0.05) is 25.9 Å². The molecule has 2 amide bonds. The van der Waals surface area contributed by atoms with Gasteiger partial charge in [0.15, 0.2) is 0 Å². The molecule has 1 aliphatic heterocycles. The molecule has 1 aliphatic carbocycles. The van der Waals surface area contributed by atoms with E-state index < -0.39 is 6.04 Å². The summed E-state index contributed by atoms with van der Waals surface area (Å²) in [4.78, 5) is 27.5. The highest BCUT2D eigenvalue weighted by Crippen LogP contribution is 2.25. The van der Waals surface area contributed by atoms with Crippen LogP contribution in [0.4, 0.5) is 0 Å². The number of amides is 2. The molecule has 0 radical (unpaired) electrons. The number of nitrogens with zero attached hydrogens (tertiary/aromatic N) is 1. The first-order chi connectivity index (χ1) is 13.0. The van der Waals surface area contributed by atoms with Crippen molar-refractivity contribution < 1.29 is 9.59 Å². The highest BCUT2D eigenvalue weighted by molar-refractivity contribution is 5.88. The zero-order valence-electron chi connectivity index (χ0n) is 16.7. The minimum Gasteiger partial charge on any atom is -0.354 e. The molecule has 1 aromatic rings. The van der Waals surface area contributed by atoms with E-state index in [0.29, 0.717) is 25.9 Å². The summed E-state index contributed by atoms with van der Waals surface area (Å²) < 4.78 is 0. The van der Waals surface area contributed by atoms with Gasteiger partial charge in [0.25, 0.3) is 0 Å². The standard InChI is InChI=1S/C23H32N2O2/c1-17(2)14-22(26)25-16-20-11-7-6-10-19(20)15-21(25)23(27)24-13-12-18-8-4-3-5-9-18/h6-8,10-11,17,21H,3-5,9,12-16H2,1-2H3,(H,24,27). The molecule has 27 heavy (non-hydrogen) atoms. The van der Waals surface area contributed by atoms with Crippen molar-refractivity contribution in [3.8, 4) is 0 Å². The maximum absolute atomic E-state index is 12.9. The van der Waals surface area contributed by atoms with Crippen molar-refractivity contribution in [2.45, 2.75) is 71.4 Å². The fourth-order valence-corrected chi connectivity index (χ4v) is 4.08. The van der Waals surface area contributed by atoms with Crippen molar-refractivity contribution in [3.63, 3.8) is 0 Å². The van der Waals surface area contributed by atoms with E-state index in [2.05, 4.69) is 23.5 Å². The topological polar surface area (TPSA) is 49.4 Å². The normalized spacial score (nSPS) is 19.4. The van der Waals surface area contributed by atoms with E-state index in [9.17, 15) is 9.59 Å². The van der Waals surface area contributed by atoms with E-state index in [0.717, 1.165) is 18.4 Å². The Morgan fingerprint density at radius 1 is 1.19 bits per heavy atom. The summed E-state index contributed by atoms with van der Waals surface area (Å²) in [7, 11) is 0. The number of carbonyl (C=O) groups is 2. The summed E-state index contributed by atoms with van der Waals surface area (Å²) in [5.74, 6) is 0.351. The first-order valence-electron chi connectivity index (χ1n) is 10.4. The molecule has 1 aromatic carbocycles. The summed E-state index contributed by atoms with van der Waals surface area (Å²) in [6, 6.07) is 7.75. The molecule has 1 unspecified atom stereocenters. The molecule has 0 fully saturated rings. The molecule has 1 heterocycles. The number of nitrogens with one attached hydrogen (secondary N) is 1. The third-order valence-electron chi connectivity index (χ3n) is 5.58. The first-order valence-corrected chi connectivity index (χ1v) is 10.4. The molecule has 1 atom stereocenters. The second kappa shape index (κ2) is 9.20. The van der Waals surface area contributed by atoms with E-state index >= 15 is 0 Å². The van der Waals surface area contributed by atoms with Gasteiger partial charge < -0.3 is 10.2 Å². The Balaban J connectivity index is 1.66. The van der Waals surface area contributed by atoms with Crippen molar-refractivity contribution in [3.05, 3.63) is 47.0 Å². The maximum atomic E-state index is 12.9. The molecule has 4 heteroatoms. The Morgan fingerprint density at radius 3 is 2.67 bits per heavy atom. The molecule has 4 nitrogen and oxygen atoms in total. The quantitative estimate of drug-likeness (QED) is 0.772. The lowest BCUT2D eigenvalue weighted by atomic mass is 9.92. The number of hydrogen-bond donors (Lipinski definition) is 1. The van der Waals surface area contributed by atoms with E-state index in [1.54, 1.807) is 4.90 Å². The van der Waals surface area contributed by atoms with Gasteiger partial charge in [-0.2, -0.15) is 0 Å². The number of rotatable bonds is 6. The fraction of sp³-hybridized carbons (Fsp3) is 0.565. The maximum Gasteiger partial charge on any atom is 0.243 e. The zero-order chi connectivity index (χ0) is 19.2. The third-order valence-corrected chi connectivity index (χ3v) is 5.58. The van der Waals surface area contributed by atoms with Crippen LogP contribution in [-0.4, -0.2) is 29.3 Å². The summed E-state index contributed by atoms with van der Waals surface area (Å²) >= 11 is 0. The lowest BCUT2D eigenvalue weighted by Gasteiger charge is -2.36. The van der Waals surface area contributed by atoms with Gasteiger partial charge in [0.1, 0.15) is 6.04 Å². The summed E-state index contributed by atoms with van der Waals surface area (Å²) in [6.45, 7) is 5.28. The Hall–Kier alpha value is -2.10. The Labute approximate surface area is 163 Å². The SMILES string of the molecule is CC(C)CC(=O)N1Cc2ccccc2CC1C(=O)NCCC1=CCCCC1. The van der Waals surface area contributed by atoms with Crippen LogP contribution in [0.5, 0.6) is 0 Å². The van der Waals surface area contributed by atoms with Crippen molar-refractivity contribution >= 4 is 11.8 Å². The highest BCUT2D eigenvalue weighted by Gasteiger charge is 2.34. The van der Waals surface area contributed by atoms with Gasteiger partial charge in [-0.25, -0.2) is 0 Å². The summed E-state index contributed by atoms with van der Waals surface area (Å²) in [5, 5.41) is 3.10. The fourth-order valence-electron chi connectivity index (χ4n) is 4.08. The Kier molecular flexibility index (Phi) is 6.70. The van der Waals surface area contributed by atoms with Crippen LogP contribution in [0.2, 0.25) is 0 Å². The average molecular weight is 369 g/mol. The molecule has 0 aromatic heterocycles. The highest BCUT2D eigenvalue weighted by atomic mass is 16.2. The number of benzene rings is 1. The number of hydrogen-bond acceptors (Lipinski definition) is 2. The lowest BCUT2D eigenvalue weighted by Crippen LogP contribution is -2.52. The van der Waals surface area contributed by atoms with Crippen LogP contribution in [-0.2, 0) is 22.6 Å². The van der Waals surface area contributed by atoms with Crippen molar-refractivity contribution in [1.82, 2.24) is 10.2 Å². The molecular weight excluding hydrogens is 336 g/mol. The minimum absolute atomic E-state index is 0.0157. The van der Waals surface area contributed by atoms with Gasteiger partial charge >= 0.3 is 0 Å². The van der Waals surface area contributed by atoms with Gasteiger partial charge in [0.2, 0.25) is 11.8 Å². The van der Waals surface area contributed by atoms with Crippen LogP contribution in [0.25, 0.3) is 0 Å². The molecule has 0 saturated carbocycles. The van der Waals surface area contributed by atoms with E-state index in [1.807, 2.05) is 26.0 Å².